The van der Waals surface area contributed by atoms with Crippen molar-refractivity contribution in [3.05, 3.63) is 34.9 Å². The number of allylic oxidation sites excluding steroid dienone is 3. The first-order valence-electron chi connectivity index (χ1n) is 8.23. The van der Waals surface area contributed by atoms with Gasteiger partial charge in [-0.1, -0.05) is 39.0 Å². The Morgan fingerprint density at radius 2 is 0.880 bits per heavy atom. The number of carbonyl (C=O) groups is 3. The van der Waals surface area contributed by atoms with Gasteiger partial charge in [-0.2, -0.15) is 0 Å². The van der Waals surface area contributed by atoms with Crippen LogP contribution in [0.3, 0.4) is 0 Å². The molecular weight excluding hydrogens is 343 g/mol. The molecule has 0 heterocycles. The van der Waals surface area contributed by atoms with Gasteiger partial charge < -0.3 is 13.6 Å². The van der Waals surface area contributed by atoms with Gasteiger partial charge in [0.05, 0.1) is 0 Å². The number of hydrogen-bond acceptors (Lipinski definition) is 6. The Morgan fingerprint density at radius 3 is 1.08 bits per heavy atom. The molecule has 0 radical (unpaired) electrons. The zero-order valence-corrected chi connectivity index (χ0v) is 16.6. The molecule has 0 amide bonds. The lowest BCUT2D eigenvalue weighted by Crippen LogP contribution is -2.12. The van der Waals surface area contributed by atoms with Crippen molar-refractivity contribution < 1.29 is 28.0 Å². The summed E-state index contributed by atoms with van der Waals surface area (Å²) in [5.74, 6) is -2.08. The molecule has 25 heavy (non-hydrogen) atoms. The van der Waals surface area contributed by atoms with Gasteiger partial charge in [0.1, 0.15) is 0 Å². The van der Waals surface area contributed by atoms with Crippen LogP contribution < -0.4 is 0 Å². The van der Waals surface area contributed by atoms with E-state index >= 15 is 0 Å². The minimum atomic E-state index is -2.48. The molecule has 0 bridgehead atoms. The minimum Gasteiger partial charge on any atom is -0.372 e. The Bertz CT molecular complexity index is 493. The molecule has 0 aliphatic carbocycles. The lowest BCUT2D eigenvalue weighted by molar-refractivity contribution is -0.137. The van der Waals surface area contributed by atoms with Crippen LogP contribution in [0.4, 0.5) is 0 Å². The Hall–Kier alpha value is -1.94. The second-order valence-electron chi connectivity index (χ2n) is 5.25. The molecule has 0 fully saturated rings. The summed E-state index contributed by atoms with van der Waals surface area (Å²) < 4.78 is 15.2. The summed E-state index contributed by atoms with van der Waals surface area (Å²) in [6.45, 7) is 10.3. The smallest absolute Gasteiger partial charge is 0.372 e. The van der Waals surface area contributed by atoms with Crippen molar-refractivity contribution in [2.45, 2.75) is 60.8 Å². The maximum absolute atomic E-state index is 12.0. The first-order chi connectivity index (χ1) is 11.8. The molecule has 0 atom stereocenters. The molecule has 0 unspecified atom stereocenters. The second kappa shape index (κ2) is 12.4. The van der Waals surface area contributed by atoms with Gasteiger partial charge in [-0.05, 0) is 40.0 Å². The summed E-state index contributed by atoms with van der Waals surface area (Å²) in [4.78, 5) is 36.0. The van der Waals surface area contributed by atoms with Crippen molar-refractivity contribution in [2.75, 3.05) is 0 Å². The number of hydrogen-bond donors (Lipinski definition) is 0. The number of rotatable bonds is 9. The Morgan fingerprint density at radius 1 is 0.640 bits per heavy atom. The Balaban J connectivity index is 5.23. The van der Waals surface area contributed by atoms with Crippen LogP contribution >= 0.6 is 8.60 Å². The van der Waals surface area contributed by atoms with Gasteiger partial charge in [0.2, 0.25) is 0 Å². The molecule has 0 spiro atoms. The van der Waals surface area contributed by atoms with E-state index in [0.29, 0.717) is 36.0 Å². The van der Waals surface area contributed by atoms with Crippen molar-refractivity contribution >= 4 is 26.5 Å². The lowest BCUT2D eigenvalue weighted by Gasteiger charge is -2.15. The SMILES string of the molecule is CCC=C(C)C(=O)OP(OC(=O)C(C)=CCC)OC(=O)C(C)=CCC. The van der Waals surface area contributed by atoms with Crippen LogP contribution in [0, 0.1) is 0 Å². The normalized spacial score (nSPS) is 13.9. The van der Waals surface area contributed by atoms with Gasteiger partial charge in [0.25, 0.3) is 0 Å². The molecule has 0 saturated carbocycles. The molecule has 6 nitrogen and oxygen atoms in total. The molecule has 0 aromatic carbocycles. The third kappa shape index (κ3) is 9.20. The van der Waals surface area contributed by atoms with Crippen LogP contribution in [0.25, 0.3) is 0 Å². The summed E-state index contributed by atoms with van der Waals surface area (Å²) in [7, 11) is -2.48. The highest BCUT2D eigenvalue weighted by molar-refractivity contribution is 7.43. The molecule has 0 rings (SSSR count). The maximum Gasteiger partial charge on any atom is 0.537 e. The molecule has 0 saturated heterocycles. The van der Waals surface area contributed by atoms with Crippen molar-refractivity contribution in [1.82, 2.24) is 0 Å². The van der Waals surface area contributed by atoms with Gasteiger partial charge in [-0.3, -0.25) is 0 Å². The third-order valence-electron chi connectivity index (χ3n) is 2.97. The first-order valence-corrected chi connectivity index (χ1v) is 9.33. The summed E-state index contributed by atoms with van der Waals surface area (Å²) >= 11 is 0. The van der Waals surface area contributed by atoms with E-state index in [9.17, 15) is 14.4 Å². The Labute approximate surface area is 150 Å². The largest absolute Gasteiger partial charge is 0.537 e. The van der Waals surface area contributed by atoms with Crippen LogP contribution in [-0.4, -0.2) is 17.9 Å². The van der Waals surface area contributed by atoms with Crippen LogP contribution in [0.2, 0.25) is 0 Å². The van der Waals surface area contributed by atoms with Crippen LogP contribution in [0.1, 0.15) is 60.8 Å². The molecule has 0 aliphatic rings. The highest BCUT2D eigenvalue weighted by atomic mass is 31.2. The van der Waals surface area contributed by atoms with Crippen molar-refractivity contribution in [1.29, 1.82) is 0 Å². The van der Waals surface area contributed by atoms with Gasteiger partial charge in [-0.25, -0.2) is 14.4 Å². The molecular formula is C18H27O6P. The molecule has 0 aromatic heterocycles. The van der Waals surface area contributed by atoms with Crippen molar-refractivity contribution in [3.63, 3.8) is 0 Å². The number of carbonyl (C=O) groups excluding carboxylic acids is 3. The van der Waals surface area contributed by atoms with E-state index < -0.39 is 26.5 Å². The third-order valence-corrected chi connectivity index (χ3v) is 3.91. The molecule has 140 valence electrons. The van der Waals surface area contributed by atoms with Crippen molar-refractivity contribution in [2.24, 2.45) is 0 Å². The van der Waals surface area contributed by atoms with Crippen LogP contribution in [0.15, 0.2) is 34.9 Å². The topological polar surface area (TPSA) is 78.9 Å². The molecule has 7 heteroatoms. The van der Waals surface area contributed by atoms with E-state index in [0.717, 1.165) is 0 Å². The maximum atomic E-state index is 12.0. The van der Waals surface area contributed by atoms with Gasteiger partial charge >= 0.3 is 26.5 Å². The zero-order chi connectivity index (χ0) is 19.4. The van der Waals surface area contributed by atoms with Crippen LogP contribution in [-0.2, 0) is 28.0 Å². The van der Waals surface area contributed by atoms with E-state index in [-0.39, 0.29) is 0 Å². The molecule has 0 N–H and O–H groups in total. The van der Waals surface area contributed by atoms with E-state index in [1.165, 1.54) is 0 Å². The summed E-state index contributed by atoms with van der Waals surface area (Å²) in [6, 6.07) is 0. The van der Waals surface area contributed by atoms with E-state index in [4.69, 9.17) is 13.6 Å². The molecule has 0 aliphatic heterocycles. The summed E-state index contributed by atoms with van der Waals surface area (Å²) in [5.41, 5.74) is 1.05. The summed E-state index contributed by atoms with van der Waals surface area (Å²) in [6.07, 6.45) is 6.96. The first kappa shape index (κ1) is 23.1. The van der Waals surface area contributed by atoms with Gasteiger partial charge in [-0.15, -0.1) is 0 Å². The Kier molecular flexibility index (Phi) is 11.5. The fourth-order valence-electron chi connectivity index (χ4n) is 1.64. The summed E-state index contributed by atoms with van der Waals surface area (Å²) in [5, 5.41) is 0. The van der Waals surface area contributed by atoms with E-state index in [2.05, 4.69) is 0 Å². The average Bonchev–Trinajstić information content (AvgIpc) is 2.55. The predicted molar refractivity (Wildman–Crippen MR) is 97.3 cm³/mol. The highest BCUT2D eigenvalue weighted by Gasteiger charge is 2.29. The van der Waals surface area contributed by atoms with E-state index in [1.54, 1.807) is 39.0 Å². The lowest BCUT2D eigenvalue weighted by atomic mass is 10.2. The minimum absolute atomic E-state index is 0.351. The van der Waals surface area contributed by atoms with Crippen LogP contribution in [0.5, 0.6) is 0 Å². The van der Waals surface area contributed by atoms with Gasteiger partial charge in [0, 0.05) is 16.7 Å². The fourth-order valence-corrected chi connectivity index (χ4v) is 2.59. The fraction of sp³-hybridized carbons (Fsp3) is 0.500. The van der Waals surface area contributed by atoms with Crippen molar-refractivity contribution in [3.8, 4) is 0 Å². The quantitative estimate of drug-likeness (QED) is 0.424. The zero-order valence-electron chi connectivity index (χ0n) is 15.8. The van der Waals surface area contributed by atoms with Gasteiger partial charge in [0.15, 0.2) is 0 Å². The average molecular weight is 370 g/mol. The monoisotopic (exact) mass is 370 g/mol. The van der Waals surface area contributed by atoms with E-state index in [1.807, 2.05) is 20.8 Å². The molecule has 0 aromatic rings. The highest BCUT2D eigenvalue weighted by Crippen LogP contribution is 2.42. The second-order valence-corrected chi connectivity index (χ2v) is 6.24. The predicted octanol–water partition coefficient (Wildman–Crippen LogP) is 4.91. The standard InChI is InChI=1S/C18H27O6P/c1-7-10-13(4)16(19)22-25(23-17(20)14(5)11-8-2)24-18(21)15(6)12-9-3/h10-12H,7-9H2,1-6H3.